The summed E-state index contributed by atoms with van der Waals surface area (Å²) < 4.78 is 5.62. The van der Waals surface area contributed by atoms with Crippen LogP contribution >= 0.6 is 0 Å². The van der Waals surface area contributed by atoms with Crippen LogP contribution in [-0.4, -0.2) is 74.9 Å². The maximum absolute atomic E-state index is 5.62. The molecule has 0 aliphatic carbocycles. The Morgan fingerprint density at radius 1 is 1.12 bits per heavy atom. The fourth-order valence-corrected chi connectivity index (χ4v) is 2.43. The summed E-state index contributed by atoms with van der Waals surface area (Å²) >= 11 is 0. The number of nitrogens with zero attached hydrogens (tertiary/aromatic N) is 2. The molecule has 2 rings (SSSR count). The third-order valence-electron chi connectivity index (χ3n) is 3.88. The van der Waals surface area contributed by atoms with Gasteiger partial charge < -0.3 is 10.1 Å². The fraction of sp³-hybridized carbons (Fsp3) is 1.00. The summed E-state index contributed by atoms with van der Waals surface area (Å²) in [6.07, 6.45) is 2.43. The zero-order valence-corrected chi connectivity index (χ0v) is 11.2. The molecule has 0 radical (unpaired) electrons. The normalized spacial score (nSPS) is 23.8. The van der Waals surface area contributed by atoms with Crippen LogP contribution in [0.4, 0.5) is 0 Å². The number of nitrogens with one attached hydrogen (secondary N) is 1. The molecule has 17 heavy (non-hydrogen) atoms. The zero-order valence-electron chi connectivity index (χ0n) is 11.2. The van der Waals surface area contributed by atoms with Crippen molar-refractivity contribution in [2.45, 2.75) is 25.8 Å². The van der Waals surface area contributed by atoms with E-state index < -0.39 is 0 Å². The summed E-state index contributed by atoms with van der Waals surface area (Å²) in [6.45, 7) is 12.5. The highest BCUT2D eigenvalue weighted by molar-refractivity contribution is 4.87. The second-order valence-corrected chi connectivity index (χ2v) is 5.16. The number of ether oxygens (including phenoxy) is 1. The first-order valence-electron chi connectivity index (χ1n) is 7.15. The number of unbranched alkanes of at least 4 members (excludes halogenated alkanes) is 1. The Morgan fingerprint density at radius 2 is 1.88 bits per heavy atom. The Morgan fingerprint density at radius 3 is 2.47 bits per heavy atom. The largest absolute Gasteiger partial charge is 0.380 e. The van der Waals surface area contributed by atoms with Crippen molar-refractivity contribution in [2.24, 2.45) is 0 Å². The maximum Gasteiger partial charge on any atom is 0.0593 e. The van der Waals surface area contributed by atoms with Crippen molar-refractivity contribution in [3.05, 3.63) is 0 Å². The second-order valence-electron chi connectivity index (χ2n) is 5.16. The Bertz CT molecular complexity index is 201. The van der Waals surface area contributed by atoms with Crippen LogP contribution in [0.5, 0.6) is 0 Å². The van der Waals surface area contributed by atoms with Gasteiger partial charge in [0, 0.05) is 58.5 Å². The maximum atomic E-state index is 5.62. The van der Waals surface area contributed by atoms with E-state index in [4.69, 9.17) is 4.74 Å². The van der Waals surface area contributed by atoms with E-state index in [1.165, 1.54) is 52.1 Å². The Hall–Kier alpha value is -0.160. The highest BCUT2D eigenvalue weighted by Gasteiger charge is 2.27. The molecule has 100 valence electrons. The molecule has 2 aliphatic rings. The minimum absolute atomic E-state index is 0.818. The van der Waals surface area contributed by atoms with Gasteiger partial charge in [-0.2, -0.15) is 0 Å². The van der Waals surface area contributed by atoms with Gasteiger partial charge in [0.2, 0.25) is 0 Å². The van der Waals surface area contributed by atoms with Crippen LogP contribution in [0.25, 0.3) is 0 Å². The molecule has 0 saturated carbocycles. The third kappa shape index (κ3) is 4.21. The van der Waals surface area contributed by atoms with Crippen LogP contribution in [-0.2, 0) is 4.74 Å². The summed E-state index contributed by atoms with van der Waals surface area (Å²) in [5.41, 5.74) is 0. The van der Waals surface area contributed by atoms with Gasteiger partial charge in [0.1, 0.15) is 0 Å². The van der Waals surface area contributed by atoms with E-state index in [1.54, 1.807) is 0 Å². The molecule has 0 amide bonds. The van der Waals surface area contributed by atoms with E-state index >= 15 is 0 Å². The van der Waals surface area contributed by atoms with Crippen LogP contribution < -0.4 is 5.32 Å². The van der Waals surface area contributed by atoms with Crippen LogP contribution in [0.3, 0.4) is 0 Å². The second kappa shape index (κ2) is 7.31. The lowest BCUT2D eigenvalue weighted by molar-refractivity contribution is 0.0486. The lowest BCUT2D eigenvalue weighted by Gasteiger charge is -2.43. The monoisotopic (exact) mass is 241 g/mol. The number of hydrogen-bond donors (Lipinski definition) is 1. The van der Waals surface area contributed by atoms with Crippen LogP contribution in [0.15, 0.2) is 0 Å². The summed E-state index contributed by atoms with van der Waals surface area (Å²) in [7, 11) is 0. The molecule has 0 aromatic heterocycles. The van der Waals surface area contributed by atoms with Crippen LogP contribution in [0, 0.1) is 0 Å². The van der Waals surface area contributed by atoms with Crippen molar-refractivity contribution in [2.75, 3.05) is 59.0 Å². The predicted octanol–water partition coefficient (Wildman–Crippen LogP) is 0.393. The molecule has 2 heterocycles. The molecule has 0 unspecified atom stereocenters. The predicted molar refractivity (Wildman–Crippen MR) is 70.4 cm³/mol. The van der Waals surface area contributed by atoms with Crippen molar-refractivity contribution < 1.29 is 4.74 Å². The van der Waals surface area contributed by atoms with Gasteiger partial charge in [0.15, 0.2) is 0 Å². The topological polar surface area (TPSA) is 27.7 Å². The van der Waals surface area contributed by atoms with Gasteiger partial charge in [-0.1, -0.05) is 13.3 Å². The molecule has 0 atom stereocenters. The first-order valence-corrected chi connectivity index (χ1v) is 7.15. The van der Waals surface area contributed by atoms with E-state index in [2.05, 4.69) is 22.0 Å². The van der Waals surface area contributed by atoms with Gasteiger partial charge >= 0.3 is 0 Å². The van der Waals surface area contributed by atoms with Crippen LogP contribution in [0.2, 0.25) is 0 Å². The van der Waals surface area contributed by atoms with Gasteiger partial charge in [-0.3, -0.25) is 9.80 Å². The highest BCUT2D eigenvalue weighted by atomic mass is 16.5. The molecule has 2 saturated heterocycles. The van der Waals surface area contributed by atoms with E-state index in [-0.39, 0.29) is 0 Å². The van der Waals surface area contributed by atoms with Crippen molar-refractivity contribution in [3.8, 4) is 0 Å². The zero-order chi connectivity index (χ0) is 11.9. The lowest BCUT2D eigenvalue weighted by Crippen LogP contribution is -2.61. The summed E-state index contributed by atoms with van der Waals surface area (Å²) in [5.74, 6) is 0. The summed E-state index contributed by atoms with van der Waals surface area (Å²) in [5, 5.41) is 3.35. The van der Waals surface area contributed by atoms with Crippen molar-refractivity contribution in [3.63, 3.8) is 0 Å². The van der Waals surface area contributed by atoms with Crippen molar-refractivity contribution in [1.82, 2.24) is 15.1 Å². The third-order valence-corrected chi connectivity index (χ3v) is 3.88. The van der Waals surface area contributed by atoms with E-state index in [0.29, 0.717) is 0 Å². The Balaban J connectivity index is 1.50. The van der Waals surface area contributed by atoms with Gasteiger partial charge in [-0.05, 0) is 6.42 Å². The molecular weight excluding hydrogens is 214 g/mol. The average molecular weight is 241 g/mol. The minimum atomic E-state index is 0.818. The molecule has 2 aliphatic heterocycles. The molecule has 0 aromatic rings. The smallest absolute Gasteiger partial charge is 0.0593 e. The fourth-order valence-electron chi connectivity index (χ4n) is 2.43. The number of hydrogen-bond acceptors (Lipinski definition) is 4. The number of piperazine rings is 1. The van der Waals surface area contributed by atoms with Gasteiger partial charge in [-0.15, -0.1) is 0 Å². The minimum Gasteiger partial charge on any atom is -0.380 e. The molecular formula is C13H27N3O. The summed E-state index contributed by atoms with van der Waals surface area (Å²) in [4.78, 5) is 5.17. The molecule has 4 nitrogen and oxygen atoms in total. The van der Waals surface area contributed by atoms with E-state index in [0.717, 1.165) is 25.8 Å². The Labute approximate surface area is 105 Å². The van der Waals surface area contributed by atoms with E-state index in [1.807, 2.05) is 0 Å². The quantitative estimate of drug-likeness (QED) is 0.653. The molecule has 4 heteroatoms. The molecule has 0 bridgehead atoms. The molecule has 0 aromatic carbocycles. The lowest BCUT2D eigenvalue weighted by atomic mass is 10.1. The standard InChI is InChI=1S/C13H27N3O/c1-2-3-9-17-10-8-15-4-6-16(7-5-15)13-11-14-12-13/h13-14H,2-12H2,1H3. The summed E-state index contributed by atoms with van der Waals surface area (Å²) in [6, 6.07) is 0.818. The number of rotatable bonds is 7. The van der Waals surface area contributed by atoms with Gasteiger partial charge in [-0.25, -0.2) is 0 Å². The highest BCUT2D eigenvalue weighted by Crippen LogP contribution is 2.09. The first kappa shape index (κ1) is 13.3. The average Bonchev–Trinajstić information content (AvgIpc) is 2.29. The SMILES string of the molecule is CCCCOCCN1CCN(C2CNC2)CC1. The van der Waals surface area contributed by atoms with Crippen molar-refractivity contribution >= 4 is 0 Å². The molecule has 0 spiro atoms. The van der Waals surface area contributed by atoms with Crippen molar-refractivity contribution in [1.29, 1.82) is 0 Å². The van der Waals surface area contributed by atoms with E-state index in [9.17, 15) is 0 Å². The van der Waals surface area contributed by atoms with Gasteiger partial charge in [0.05, 0.1) is 6.61 Å². The first-order chi connectivity index (χ1) is 8.40. The molecule has 1 N–H and O–H groups in total. The molecule has 2 fully saturated rings. The van der Waals surface area contributed by atoms with Gasteiger partial charge in [0.25, 0.3) is 0 Å². The Kier molecular flexibility index (Phi) is 5.71. The van der Waals surface area contributed by atoms with Crippen LogP contribution in [0.1, 0.15) is 19.8 Å².